The highest BCUT2D eigenvalue weighted by Gasteiger charge is 2.23. The van der Waals surface area contributed by atoms with Gasteiger partial charge in [-0.1, -0.05) is 0 Å². The number of methoxy groups -OCH3 is 2. The molecular formula is C8H12N4O4. The molecule has 8 nitrogen and oxygen atoms in total. The molecule has 0 atom stereocenters. The normalized spacial score (nSPS) is 9.88. The van der Waals surface area contributed by atoms with Crippen LogP contribution in [0.1, 0.15) is 0 Å². The average molecular weight is 228 g/mol. The van der Waals surface area contributed by atoms with Crippen LogP contribution < -0.4 is 10.1 Å². The number of anilines is 1. The molecule has 0 saturated heterocycles. The number of nitro groups is 1. The van der Waals surface area contributed by atoms with Crippen molar-refractivity contribution in [2.75, 3.05) is 32.7 Å². The summed E-state index contributed by atoms with van der Waals surface area (Å²) < 4.78 is 9.60. The summed E-state index contributed by atoms with van der Waals surface area (Å²) >= 11 is 0. The fourth-order valence-corrected chi connectivity index (χ4v) is 1.08. The van der Waals surface area contributed by atoms with Crippen LogP contribution in [0.3, 0.4) is 0 Å². The Morgan fingerprint density at radius 1 is 1.50 bits per heavy atom. The number of nitrogens with zero attached hydrogens (tertiary/aromatic N) is 3. The molecule has 16 heavy (non-hydrogen) atoms. The van der Waals surface area contributed by atoms with E-state index in [0.29, 0.717) is 13.2 Å². The molecule has 1 N–H and O–H groups in total. The first-order chi connectivity index (χ1) is 7.70. The molecule has 88 valence electrons. The van der Waals surface area contributed by atoms with Crippen LogP contribution in [-0.4, -0.2) is 42.3 Å². The van der Waals surface area contributed by atoms with Gasteiger partial charge in [-0.15, -0.1) is 0 Å². The van der Waals surface area contributed by atoms with E-state index in [2.05, 4.69) is 15.3 Å². The Morgan fingerprint density at radius 2 is 2.25 bits per heavy atom. The van der Waals surface area contributed by atoms with E-state index in [1.54, 1.807) is 0 Å². The van der Waals surface area contributed by atoms with Crippen LogP contribution in [0.25, 0.3) is 0 Å². The molecule has 0 aromatic carbocycles. The van der Waals surface area contributed by atoms with Crippen LogP contribution in [0.5, 0.6) is 5.88 Å². The Kier molecular flexibility index (Phi) is 4.40. The quantitative estimate of drug-likeness (QED) is 0.428. The van der Waals surface area contributed by atoms with E-state index >= 15 is 0 Å². The third-order valence-corrected chi connectivity index (χ3v) is 1.76. The van der Waals surface area contributed by atoms with Crippen molar-refractivity contribution >= 4 is 11.5 Å². The van der Waals surface area contributed by atoms with Gasteiger partial charge in [0.15, 0.2) is 0 Å². The molecular weight excluding hydrogens is 216 g/mol. The molecule has 1 aromatic heterocycles. The number of nitrogens with one attached hydrogen (secondary N) is 1. The van der Waals surface area contributed by atoms with Gasteiger partial charge in [-0.2, -0.15) is 4.98 Å². The van der Waals surface area contributed by atoms with E-state index in [0.717, 1.165) is 0 Å². The zero-order valence-corrected chi connectivity index (χ0v) is 8.97. The van der Waals surface area contributed by atoms with Crippen LogP contribution in [0.2, 0.25) is 0 Å². The molecule has 0 aliphatic heterocycles. The molecule has 0 radical (unpaired) electrons. The highest BCUT2D eigenvalue weighted by Crippen LogP contribution is 2.29. The SMILES string of the molecule is COCCNc1ncnc(OC)c1[N+](=O)[O-]. The summed E-state index contributed by atoms with van der Waals surface area (Å²) in [4.78, 5) is 17.7. The van der Waals surface area contributed by atoms with Gasteiger partial charge in [0, 0.05) is 13.7 Å². The number of hydrogen-bond acceptors (Lipinski definition) is 7. The van der Waals surface area contributed by atoms with E-state index in [1.807, 2.05) is 0 Å². The fourth-order valence-electron chi connectivity index (χ4n) is 1.08. The summed E-state index contributed by atoms with van der Waals surface area (Å²) in [5.74, 6) is 0.0498. The summed E-state index contributed by atoms with van der Waals surface area (Å²) in [5.41, 5.74) is -0.277. The van der Waals surface area contributed by atoms with E-state index in [9.17, 15) is 10.1 Å². The second-order valence-electron chi connectivity index (χ2n) is 2.76. The summed E-state index contributed by atoms with van der Waals surface area (Å²) in [6.07, 6.45) is 1.20. The molecule has 0 aliphatic carbocycles. The third-order valence-electron chi connectivity index (χ3n) is 1.76. The first kappa shape index (κ1) is 12.1. The summed E-state index contributed by atoms with van der Waals surface area (Å²) in [7, 11) is 2.85. The summed E-state index contributed by atoms with van der Waals surface area (Å²) in [5, 5.41) is 13.6. The second kappa shape index (κ2) is 5.81. The highest BCUT2D eigenvalue weighted by atomic mass is 16.6. The van der Waals surface area contributed by atoms with Gasteiger partial charge in [0.2, 0.25) is 5.82 Å². The molecule has 0 spiro atoms. The van der Waals surface area contributed by atoms with E-state index in [1.165, 1.54) is 20.5 Å². The van der Waals surface area contributed by atoms with E-state index in [-0.39, 0.29) is 17.4 Å². The van der Waals surface area contributed by atoms with Crippen molar-refractivity contribution in [3.05, 3.63) is 16.4 Å². The van der Waals surface area contributed by atoms with Crippen LogP contribution in [0.4, 0.5) is 11.5 Å². The second-order valence-corrected chi connectivity index (χ2v) is 2.76. The van der Waals surface area contributed by atoms with Crippen molar-refractivity contribution in [2.24, 2.45) is 0 Å². The predicted molar refractivity (Wildman–Crippen MR) is 55.6 cm³/mol. The van der Waals surface area contributed by atoms with Gasteiger partial charge < -0.3 is 14.8 Å². The molecule has 0 aliphatic rings. The Labute approximate surface area is 91.8 Å². The molecule has 0 saturated carbocycles. The molecule has 1 heterocycles. The fraction of sp³-hybridized carbons (Fsp3) is 0.500. The number of aromatic nitrogens is 2. The van der Waals surface area contributed by atoms with Gasteiger partial charge in [0.1, 0.15) is 6.33 Å². The van der Waals surface area contributed by atoms with Gasteiger partial charge in [0.05, 0.1) is 18.6 Å². The molecule has 0 unspecified atom stereocenters. The monoisotopic (exact) mass is 228 g/mol. The maximum absolute atomic E-state index is 10.8. The summed E-state index contributed by atoms with van der Waals surface area (Å²) in [6.45, 7) is 0.834. The molecule has 0 amide bonds. The first-order valence-corrected chi connectivity index (χ1v) is 4.47. The van der Waals surface area contributed by atoms with Crippen LogP contribution in [-0.2, 0) is 4.74 Å². The third kappa shape index (κ3) is 2.76. The van der Waals surface area contributed by atoms with Gasteiger partial charge in [-0.25, -0.2) is 4.98 Å². The lowest BCUT2D eigenvalue weighted by Crippen LogP contribution is -2.11. The first-order valence-electron chi connectivity index (χ1n) is 4.47. The smallest absolute Gasteiger partial charge is 0.372 e. The van der Waals surface area contributed by atoms with Gasteiger partial charge in [0.25, 0.3) is 5.88 Å². The van der Waals surface area contributed by atoms with Crippen molar-refractivity contribution in [3.63, 3.8) is 0 Å². The molecule has 0 bridgehead atoms. The molecule has 8 heteroatoms. The number of rotatable bonds is 6. The molecule has 1 rings (SSSR count). The van der Waals surface area contributed by atoms with E-state index < -0.39 is 4.92 Å². The zero-order valence-electron chi connectivity index (χ0n) is 8.97. The van der Waals surface area contributed by atoms with Crippen molar-refractivity contribution in [1.29, 1.82) is 0 Å². The minimum absolute atomic E-state index is 0.0695. The van der Waals surface area contributed by atoms with Crippen LogP contribution in [0.15, 0.2) is 6.33 Å². The van der Waals surface area contributed by atoms with Crippen molar-refractivity contribution in [2.45, 2.75) is 0 Å². The predicted octanol–water partition coefficient (Wildman–Crippen LogP) is 0.452. The lowest BCUT2D eigenvalue weighted by Gasteiger charge is -2.06. The Morgan fingerprint density at radius 3 is 2.81 bits per heavy atom. The lowest BCUT2D eigenvalue weighted by atomic mass is 10.4. The maximum atomic E-state index is 10.8. The van der Waals surface area contributed by atoms with Crippen LogP contribution >= 0.6 is 0 Å². The van der Waals surface area contributed by atoms with Crippen molar-refractivity contribution in [1.82, 2.24) is 9.97 Å². The number of ether oxygens (including phenoxy) is 2. The van der Waals surface area contributed by atoms with E-state index in [4.69, 9.17) is 9.47 Å². The minimum Gasteiger partial charge on any atom is -0.476 e. The standard InChI is InChI=1S/C8H12N4O4/c1-15-4-3-9-7-6(12(13)14)8(16-2)11-5-10-7/h5H,3-4H2,1-2H3,(H,9,10,11). The topological polar surface area (TPSA) is 99.4 Å². The highest BCUT2D eigenvalue weighted by molar-refractivity contribution is 5.60. The molecule has 0 fully saturated rings. The van der Waals surface area contributed by atoms with Crippen LogP contribution in [0, 0.1) is 10.1 Å². The Hall–Kier alpha value is -1.96. The zero-order chi connectivity index (χ0) is 12.0. The lowest BCUT2D eigenvalue weighted by molar-refractivity contribution is -0.385. The largest absolute Gasteiger partial charge is 0.476 e. The number of hydrogen-bond donors (Lipinski definition) is 1. The Balaban J connectivity index is 2.93. The summed E-state index contributed by atoms with van der Waals surface area (Å²) in [6, 6.07) is 0. The minimum atomic E-state index is -0.589. The maximum Gasteiger partial charge on any atom is 0.372 e. The van der Waals surface area contributed by atoms with Crippen molar-refractivity contribution in [3.8, 4) is 5.88 Å². The van der Waals surface area contributed by atoms with Gasteiger partial charge in [-0.3, -0.25) is 10.1 Å². The Bertz CT molecular complexity index is 371. The van der Waals surface area contributed by atoms with Gasteiger partial charge >= 0.3 is 5.69 Å². The van der Waals surface area contributed by atoms with Crippen molar-refractivity contribution < 1.29 is 14.4 Å². The van der Waals surface area contributed by atoms with Gasteiger partial charge in [-0.05, 0) is 0 Å². The average Bonchev–Trinajstić information content (AvgIpc) is 2.28. The molecule has 1 aromatic rings.